The standard InChI is InChI=1S/C14H22N2O2S2/c1-4-13(17)16-11(7-9-19-3)14(18)15-10(2)12-6-5-8-20-12/h5-6,8,10-11H,4,7,9H2,1-3H3,(H,15,18)(H,16,17)/t10-,11-/m1/s1. The van der Waals surface area contributed by atoms with E-state index in [0.717, 1.165) is 10.6 Å². The maximum Gasteiger partial charge on any atom is 0.243 e. The molecule has 0 aliphatic heterocycles. The molecule has 0 aliphatic carbocycles. The number of hydrogen-bond donors (Lipinski definition) is 2. The molecule has 1 heterocycles. The van der Waals surface area contributed by atoms with Crippen LogP contribution in [0.4, 0.5) is 0 Å². The van der Waals surface area contributed by atoms with Gasteiger partial charge in [0.25, 0.3) is 0 Å². The Morgan fingerprint density at radius 2 is 2.15 bits per heavy atom. The van der Waals surface area contributed by atoms with Crippen LogP contribution in [-0.2, 0) is 9.59 Å². The second-order valence-corrected chi connectivity index (χ2v) is 6.47. The molecule has 2 atom stereocenters. The number of carbonyl (C=O) groups excluding carboxylic acids is 2. The Kier molecular flexibility index (Phi) is 7.69. The van der Waals surface area contributed by atoms with Crippen molar-refractivity contribution in [1.82, 2.24) is 10.6 Å². The smallest absolute Gasteiger partial charge is 0.243 e. The van der Waals surface area contributed by atoms with E-state index in [4.69, 9.17) is 0 Å². The largest absolute Gasteiger partial charge is 0.347 e. The fraction of sp³-hybridized carbons (Fsp3) is 0.571. The number of thioether (sulfide) groups is 1. The molecular formula is C14H22N2O2S2. The zero-order valence-corrected chi connectivity index (χ0v) is 13.8. The Morgan fingerprint density at radius 3 is 2.70 bits per heavy atom. The first kappa shape index (κ1) is 17.0. The van der Waals surface area contributed by atoms with Crippen LogP contribution in [0, 0.1) is 0 Å². The van der Waals surface area contributed by atoms with Gasteiger partial charge in [-0.25, -0.2) is 0 Å². The third kappa shape index (κ3) is 5.54. The summed E-state index contributed by atoms with van der Waals surface area (Å²) < 4.78 is 0. The maximum atomic E-state index is 12.3. The fourth-order valence-electron chi connectivity index (χ4n) is 1.72. The summed E-state index contributed by atoms with van der Waals surface area (Å²) in [6.07, 6.45) is 3.03. The van der Waals surface area contributed by atoms with Crippen molar-refractivity contribution in [3.05, 3.63) is 22.4 Å². The van der Waals surface area contributed by atoms with Gasteiger partial charge >= 0.3 is 0 Å². The minimum absolute atomic E-state index is 0.0298. The maximum absolute atomic E-state index is 12.3. The molecule has 0 spiro atoms. The third-order valence-corrected chi connectivity index (χ3v) is 4.61. The average Bonchev–Trinajstić information content (AvgIpc) is 2.97. The van der Waals surface area contributed by atoms with Crippen molar-refractivity contribution in [2.75, 3.05) is 12.0 Å². The summed E-state index contributed by atoms with van der Waals surface area (Å²) in [5.41, 5.74) is 0. The summed E-state index contributed by atoms with van der Waals surface area (Å²) >= 11 is 3.28. The zero-order valence-electron chi connectivity index (χ0n) is 12.1. The van der Waals surface area contributed by atoms with Crippen LogP contribution in [0.1, 0.15) is 37.6 Å². The summed E-state index contributed by atoms with van der Waals surface area (Å²) in [5, 5.41) is 7.75. The predicted molar refractivity (Wildman–Crippen MR) is 86.1 cm³/mol. The molecule has 0 saturated heterocycles. The lowest BCUT2D eigenvalue weighted by Crippen LogP contribution is -2.47. The van der Waals surface area contributed by atoms with E-state index in [0.29, 0.717) is 12.8 Å². The Morgan fingerprint density at radius 1 is 1.40 bits per heavy atom. The van der Waals surface area contributed by atoms with Crippen LogP contribution in [0.3, 0.4) is 0 Å². The molecule has 4 nitrogen and oxygen atoms in total. The first-order valence-corrected chi connectivity index (χ1v) is 8.97. The lowest BCUT2D eigenvalue weighted by Gasteiger charge is -2.20. The number of amides is 2. The van der Waals surface area contributed by atoms with E-state index in [-0.39, 0.29) is 17.9 Å². The molecule has 1 aromatic rings. The van der Waals surface area contributed by atoms with E-state index in [1.54, 1.807) is 30.0 Å². The Balaban J connectivity index is 2.59. The van der Waals surface area contributed by atoms with Gasteiger partial charge in [0.2, 0.25) is 11.8 Å². The summed E-state index contributed by atoms with van der Waals surface area (Å²) in [6, 6.07) is 3.49. The van der Waals surface area contributed by atoms with Gasteiger partial charge in [0.05, 0.1) is 6.04 Å². The zero-order chi connectivity index (χ0) is 15.0. The second kappa shape index (κ2) is 9.02. The van der Waals surface area contributed by atoms with Gasteiger partial charge in [-0.15, -0.1) is 11.3 Å². The van der Waals surface area contributed by atoms with Gasteiger partial charge in [-0.05, 0) is 36.8 Å². The minimum atomic E-state index is -0.447. The van der Waals surface area contributed by atoms with Gasteiger partial charge in [0.15, 0.2) is 0 Å². The van der Waals surface area contributed by atoms with Gasteiger partial charge in [0.1, 0.15) is 6.04 Å². The molecule has 0 saturated carbocycles. The van der Waals surface area contributed by atoms with Gasteiger partial charge in [-0.2, -0.15) is 11.8 Å². The SMILES string of the molecule is CCC(=O)N[C@H](CCSC)C(=O)N[C@H](C)c1cccs1. The van der Waals surface area contributed by atoms with Gasteiger partial charge in [-0.1, -0.05) is 13.0 Å². The van der Waals surface area contributed by atoms with E-state index in [1.165, 1.54) is 0 Å². The molecule has 0 aromatic carbocycles. The molecular weight excluding hydrogens is 292 g/mol. The van der Waals surface area contributed by atoms with Crippen molar-refractivity contribution in [2.24, 2.45) is 0 Å². The van der Waals surface area contributed by atoms with Crippen LogP contribution in [0.15, 0.2) is 17.5 Å². The summed E-state index contributed by atoms with van der Waals surface area (Å²) in [5.74, 6) is 0.645. The van der Waals surface area contributed by atoms with Crippen LogP contribution >= 0.6 is 23.1 Å². The number of hydrogen-bond acceptors (Lipinski definition) is 4. The van der Waals surface area contributed by atoms with Crippen molar-refractivity contribution >= 4 is 34.9 Å². The van der Waals surface area contributed by atoms with E-state index < -0.39 is 6.04 Å². The van der Waals surface area contributed by atoms with Crippen molar-refractivity contribution in [3.8, 4) is 0 Å². The average molecular weight is 314 g/mol. The lowest BCUT2D eigenvalue weighted by atomic mass is 10.1. The van der Waals surface area contributed by atoms with E-state index >= 15 is 0 Å². The summed E-state index contributed by atoms with van der Waals surface area (Å²) in [7, 11) is 0. The van der Waals surface area contributed by atoms with Crippen LogP contribution in [-0.4, -0.2) is 29.9 Å². The first-order chi connectivity index (χ1) is 9.58. The molecule has 0 aliphatic rings. The Bertz CT molecular complexity index is 421. The minimum Gasteiger partial charge on any atom is -0.347 e. The molecule has 0 bridgehead atoms. The van der Waals surface area contributed by atoms with Crippen LogP contribution in [0.25, 0.3) is 0 Å². The molecule has 1 rings (SSSR count). The number of thiophene rings is 1. The van der Waals surface area contributed by atoms with Crippen molar-refractivity contribution < 1.29 is 9.59 Å². The third-order valence-electron chi connectivity index (χ3n) is 2.91. The highest BCUT2D eigenvalue weighted by atomic mass is 32.2. The van der Waals surface area contributed by atoms with Crippen molar-refractivity contribution in [1.29, 1.82) is 0 Å². The van der Waals surface area contributed by atoms with E-state index in [9.17, 15) is 9.59 Å². The topological polar surface area (TPSA) is 58.2 Å². The normalized spacial score (nSPS) is 13.6. The molecule has 0 unspecified atom stereocenters. The molecule has 20 heavy (non-hydrogen) atoms. The highest BCUT2D eigenvalue weighted by molar-refractivity contribution is 7.98. The van der Waals surface area contributed by atoms with E-state index in [2.05, 4.69) is 10.6 Å². The van der Waals surface area contributed by atoms with Crippen molar-refractivity contribution in [3.63, 3.8) is 0 Å². The highest BCUT2D eigenvalue weighted by Crippen LogP contribution is 2.18. The summed E-state index contributed by atoms with van der Waals surface area (Å²) in [4.78, 5) is 24.9. The number of carbonyl (C=O) groups is 2. The number of nitrogens with one attached hydrogen (secondary N) is 2. The molecule has 2 amide bonds. The van der Waals surface area contributed by atoms with Gasteiger partial charge in [-0.3, -0.25) is 9.59 Å². The molecule has 1 aromatic heterocycles. The van der Waals surface area contributed by atoms with Crippen molar-refractivity contribution in [2.45, 2.75) is 38.8 Å². The number of rotatable bonds is 8. The lowest BCUT2D eigenvalue weighted by molar-refractivity contribution is -0.129. The van der Waals surface area contributed by atoms with Gasteiger partial charge < -0.3 is 10.6 Å². The second-order valence-electron chi connectivity index (χ2n) is 4.50. The van der Waals surface area contributed by atoms with Crippen LogP contribution < -0.4 is 10.6 Å². The molecule has 2 N–H and O–H groups in total. The van der Waals surface area contributed by atoms with Gasteiger partial charge in [0, 0.05) is 11.3 Å². The predicted octanol–water partition coefficient (Wildman–Crippen LogP) is 2.57. The monoisotopic (exact) mass is 314 g/mol. The van der Waals surface area contributed by atoms with E-state index in [1.807, 2.05) is 30.7 Å². The molecule has 0 fully saturated rings. The summed E-state index contributed by atoms with van der Waals surface area (Å²) in [6.45, 7) is 3.74. The Labute approximate surface area is 128 Å². The molecule has 112 valence electrons. The Hall–Kier alpha value is -1.01. The first-order valence-electron chi connectivity index (χ1n) is 6.70. The highest BCUT2D eigenvalue weighted by Gasteiger charge is 2.21. The molecule has 0 radical (unpaired) electrons. The van der Waals surface area contributed by atoms with Crippen LogP contribution in [0.2, 0.25) is 0 Å². The molecule has 6 heteroatoms. The fourth-order valence-corrected chi connectivity index (χ4v) is 2.93. The quantitative estimate of drug-likeness (QED) is 0.775. The van der Waals surface area contributed by atoms with Crippen LogP contribution in [0.5, 0.6) is 0 Å².